The SMILES string of the molecule is CC(C)Oc1ccc(CNC(=O)c2cc(C3CC3)n(C)n2)cn1. The normalized spacial score (nSPS) is 14.1. The quantitative estimate of drug-likeness (QED) is 0.889. The highest BCUT2D eigenvalue weighted by Crippen LogP contribution is 2.39. The van der Waals surface area contributed by atoms with Crippen molar-refractivity contribution < 1.29 is 9.53 Å². The van der Waals surface area contributed by atoms with Crippen molar-refractivity contribution in [2.24, 2.45) is 7.05 Å². The molecule has 0 bridgehead atoms. The average Bonchev–Trinajstić information content (AvgIpc) is 3.28. The summed E-state index contributed by atoms with van der Waals surface area (Å²) in [7, 11) is 1.89. The van der Waals surface area contributed by atoms with Crippen LogP contribution in [0, 0.1) is 0 Å². The van der Waals surface area contributed by atoms with Crippen LogP contribution in [0.5, 0.6) is 5.88 Å². The van der Waals surface area contributed by atoms with Gasteiger partial charge in [0.25, 0.3) is 5.91 Å². The summed E-state index contributed by atoms with van der Waals surface area (Å²) >= 11 is 0. The summed E-state index contributed by atoms with van der Waals surface area (Å²) in [4.78, 5) is 16.4. The van der Waals surface area contributed by atoms with E-state index in [9.17, 15) is 4.79 Å². The van der Waals surface area contributed by atoms with E-state index in [1.54, 1.807) is 6.20 Å². The third-order valence-electron chi connectivity index (χ3n) is 3.75. The molecule has 1 aliphatic carbocycles. The lowest BCUT2D eigenvalue weighted by atomic mass is 10.2. The Balaban J connectivity index is 1.57. The van der Waals surface area contributed by atoms with Crippen LogP contribution in [0.15, 0.2) is 24.4 Å². The molecule has 0 aliphatic heterocycles. The van der Waals surface area contributed by atoms with Crippen molar-refractivity contribution in [3.05, 3.63) is 41.3 Å². The zero-order chi connectivity index (χ0) is 16.4. The van der Waals surface area contributed by atoms with Gasteiger partial charge in [-0.3, -0.25) is 9.48 Å². The molecular formula is C17H22N4O2. The van der Waals surface area contributed by atoms with Gasteiger partial charge < -0.3 is 10.1 Å². The van der Waals surface area contributed by atoms with Crippen LogP contribution in [-0.4, -0.2) is 26.8 Å². The van der Waals surface area contributed by atoms with Gasteiger partial charge in [0.2, 0.25) is 5.88 Å². The number of nitrogens with zero attached hydrogens (tertiary/aromatic N) is 3. The highest BCUT2D eigenvalue weighted by atomic mass is 16.5. The van der Waals surface area contributed by atoms with Crippen LogP contribution in [0.3, 0.4) is 0 Å². The fraction of sp³-hybridized carbons (Fsp3) is 0.471. The first-order valence-corrected chi connectivity index (χ1v) is 7.96. The van der Waals surface area contributed by atoms with E-state index in [1.807, 2.05) is 43.8 Å². The topological polar surface area (TPSA) is 69.0 Å². The average molecular weight is 314 g/mol. The molecule has 1 N–H and O–H groups in total. The predicted molar refractivity (Wildman–Crippen MR) is 86.4 cm³/mol. The molecule has 6 heteroatoms. The second-order valence-corrected chi connectivity index (χ2v) is 6.21. The minimum atomic E-state index is -0.157. The Hall–Kier alpha value is -2.37. The van der Waals surface area contributed by atoms with Gasteiger partial charge in [0.1, 0.15) is 5.69 Å². The zero-order valence-electron chi connectivity index (χ0n) is 13.7. The third kappa shape index (κ3) is 3.88. The van der Waals surface area contributed by atoms with E-state index in [0.29, 0.717) is 24.0 Å². The van der Waals surface area contributed by atoms with Gasteiger partial charge >= 0.3 is 0 Å². The number of nitrogens with one attached hydrogen (secondary N) is 1. The molecule has 0 saturated heterocycles. The fourth-order valence-corrected chi connectivity index (χ4v) is 2.45. The summed E-state index contributed by atoms with van der Waals surface area (Å²) < 4.78 is 7.31. The highest BCUT2D eigenvalue weighted by molar-refractivity contribution is 5.92. The molecule has 2 heterocycles. The van der Waals surface area contributed by atoms with Crippen LogP contribution >= 0.6 is 0 Å². The van der Waals surface area contributed by atoms with Crippen LogP contribution in [0.4, 0.5) is 0 Å². The molecule has 0 atom stereocenters. The summed E-state index contributed by atoms with van der Waals surface area (Å²) in [6.07, 6.45) is 4.19. The van der Waals surface area contributed by atoms with Gasteiger partial charge in [0, 0.05) is 37.5 Å². The van der Waals surface area contributed by atoms with Gasteiger partial charge in [-0.25, -0.2) is 4.98 Å². The number of carbonyl (C=O) groups is 1. The summed E-state index contributed by atoms with van der Waals surface area (Å²) in [6.45, 7) is 4.33. The van der Waals surface area contributed by atoms with Crippen molar-refractivity contribution in [1.82, 2.24) is 20.1 Å². The third-order valence-corrected chi connectivity index (χ3v) is 3.75. The van der Waals surface area contributed by atoms with Crippen molar-refractivity contribution in [1.29, 1.82) is 0 Å². The van der Waals surface area contributed by atoms with Crippen molar-refractivity contribution in [2.45, 2.75) is 45.3 Å². The number of pyridine rings is 1. The van der Waals surface area contributed by atoms with Crippen LogP contribution in [0.1, 0.15) is 54.4 Å². The number of ether oxygens (including phenoxy) is 1. The molecule has 6 nitrogen and oxygen atoms in total. The molecule has 1 fully saturated rings. The molecular weight excluding hydrogens is 292 g/mol. The van der Waals surface area contributed by atoms with E-state index in [1.165, 1.54) is 12.8 Å². The second-order valence-electron chi connectivity index (χ2n) is 6.21. The van der Waals surface area contributed by atoms with Crippen molar-refractivity contribution in [3.8, 4) is 5.88 Å². The first-order chi connectivity index (χ1) is 11.0. The molecule has 0 unspecified atom stereocenters. The highest BCUT2D eigenvalue weighted by Gasteiger charge is 2.28. The van der Waals surface area contributed by atoms with Gasteiger partial charge in [-0.1, -0.05) is 6.07 Å². The molecule has 1 amide bonds. The molecule has 2 aromatic heterocycles. The zero-order valence-corrected chi connectivity index (χ0v) is 13.7. The van der Waals surface area contributed by atoms with Crippen molar-refractivity contribution in [3.63, 3.8) is 0 Å². The van der Waals surface area contributed by atoms with Crippen LogP contribution in [0.2, 0.25) is 0 Å². The Morgan fingerprint density at radius 1 is 1.43 bits per heavy atom. The van der Waals surface area contributed by atoms with Crippen LogP contribution in [0.25, 0.3) is 0 Å². The van der Waals surface area contributed by atoms with Crippen molar-refractivity contribution >= 4 is 5.91 Å². The van der Waals surface area contributed by atoms with Gasteiger partial charge in [-0.15, -0.1) is 0 Å². The number of hydrogen-bond donors (Lipinski definition) is 1. The van der Waals surface area contributed by atoms with Gasteiger partial charge in [0.05, 0.1) is 6.10 Å². The smallest absolute Gasteiger partial charge is 0.272 e. The van der Waals surface area contributed by atoms with Crippen LogP contribution < -0.4 is 10.1 Å². The first kappa shape index (κ1) is 15.5. The summed E-state index contributed by atoms with van der Waals surface area (Å²) in [5.41, 5.74) is 2.54. The van der Waals surface area contributed by atoms with E-state index in [4.69, 9.17) is 4.74 Å². The second kappa shape index (κ2) is 6.40. The molecule has 122 valence electrons. The van der Waals surface area contributed by atoms with Crippen molar-refractivity contribution in [2.75, 3.05) is 0 Å². The summed E-state index contributed by atoms with van der Waals surface area (Å²) in [6, 6.07) is 5.61. The van der Waals surface area contributed by atoms with Gasteiger partial charge in [0.15, 0.2) is 0 Å². The number of rotatable bonds is 6. The maximum Gasteiger partial charge on any atom is 0.272 e. The van der Waals surface area contributed by atoms with E-state index in [0.717, 1.165) is 11.3 Å². The molecule has 0 spiro atoms. The lowest BCUT2D eigenvalue weighted by Gasteiger charge is -2.09. The molecule has 1 saturated carbocycles. The predicted octanol–water partition coefficient (Wildman–Crippen LogP) is 2.41. The Labute approximate surface area is 135 Å². The van der Waals surface area contributed by atoms with E-state index in [2.05, 4.69) is 15.4 Å². The molecule has 23 heavy (non-hydrogen) atoms. The molecule has 0 aromatic carbocycles. The van der Waals surface area contributed by atoms with Gasteiger partial charge in [-0.2, -0.15) is 5.10 Å². The number of aromatic nitrogens is 3. The van der Waals surface area contributed by atoms with E-state index < -0.39 is 0 Å². The number of aryl methyl sites for hydroxylation is 1. The van der Waals surface area contributed by atoms with Crippen LogP contribution in [-0.2, 0) is 13.6 Å². The van der Waals surface area contributed by atoms with Gasteiger partial charge in [-0.05, 0) is 38.3 Å². The number of hydrogen-bond acceptors (Lipinski definition) is 4. The number of amides is 1. The summed E-state index contributed by atoms with van der Waals surface area (Å²) in [5, 5.41) is 7.18. The van der Waals surface area contributed by atoms with E-state index >= 15 is 0 Å². The molecule has 2 aromatic rings. The fourth-order valence-electron chi connectivity index (χ4n) is 2.45. The monoisotopic (exact) mass is 314 g/mol. The minimum absolute atomic E-state index is 0.0953. The Bertz CT molecular complexity index is 687. The summed E-state index contributed by atoms with van der Waals surface area (Å²) in [5.74, 6) is 1.01. The number of carbonyl (C=O) groups excluding carboxylic acids is 1. The maximum atomic E-state index is 12.2. The Morgan fingerprint density at radius 3 is 2.83 bits per heavy atom. The minimum Gasteiger partial charge on any atom is -0.475 e. The first-order valence-electron chi connectivity index (χ1n) is 7.96. The largest absolute Gasteiger partial charge is 0.475 e. The Kier molecular flexibility index (Phi) is 4.32. The standard InChI is InChI=1S/C17H22N4O2/c1-11(2)23-16-7-4-12(9-18-16)10-19-17(22)14-8-15(13-5-6-13)21(3)20-14/h4,7-9,11,13H,5-6,10H2,1-3H3,(H,19,22). The molecule has 0 radical (unpaired) electrons. The lowest BCUT2D eigenvalue weighted by Crippen LogP contribution is -2.23. The molecule has 3 rings (SSSR count). The maximum absolute atomic E-state index is 12.2. The molecule has 1 aliphatic rings. The lowest BCUT2D eigenvalue weighted by molar-refractivity contribution is 0.0945. The van der Waals surface area contributed by atoms with E-state index in [-0.39, 0.29) is 12.0 Å². The Morgan fingerprint density at radius 2 is 2.22 bits per heavy atom.